The standard InChI is InChI=1S/C31H30ClF5N4O5S2/c1-44-23-8-5-20(27(11-23)45-2)15-41(30-38-18-39-47-30)48(42,43)29-13-25(33)28(12-26(29)34)46-16-21-14-40(17-31(35,36)37)10-9-24(21)19-3-6-22(32)7-4-19/h3-8,11-13,18,21,24H,9-10,14-17H2,1-2H3/t21-,24?/m0/s1. The van der Waals surface area contributed by atoms with E-state index in [1.807, 2.05) is 0 Å². The zero-order chi connectivity index (χ0) is 34.6. The van der Waals surface area contributed by atoms with Crippen LogP contribution < -0.4 is 18.5 Å². The van der Waals surface area contributed by atoms with Gasteiger partial charge in [-0.2, -0.15) is 17.5 Å². The largest absolute Gasteiger partial charge is 0.497 e. The second-order valence-corrected chi connectivity index (χ2v) is 14.0. The van der Waals surface area contributed by atoms with E-state index >= 15 is 8.78 Å². The van der Waals surface area contributed by atoms with Crippen molar-refractivity contribution in [3.8, 4) is 17.2 Å². The second-order valence-electron chi connectivity index (χ2n) is 11.0. The summed E-state index contributed by atoms with van der Waals surface area (Å²) in [5, 5.41) is 0.378. The van der Waals surface area contributed by atoms with Gasteiger partial charge in [-0.1, -0.05) is 23.7 Å². The van der Waals surface area contributed by atoms with Crippen molar-refractivity contribution in [1.82, 2.24) is 14.3 Å². The molecule has 1 aliphatic heterocycles. The smallest absolute Gasteiger partial charge is 0.401 e. The lowest BCUT2D eigenvalue weighted by Crippen LogP contribution is -2.45. The molecule has 0 amide bonds. The van der Waals surface area contributed by atoms with Crippen molar-refractivity contribution in [1.29, 1.82) is 0 Å². The number of halogens is 6. The van der Waals surface area contributed by atoms with E-state index in [-0.39, 0.29) is 43.0 Å². The van der Waals surface area contributed by atoms with Crippen molar-refractivity contribution in [3.63, 3.8) is 0 Å². The zero-order valence-corrected chi connectivity index (χ0v) is 28.0. The summed E-state index contributed by atoms with van der Waals surface area (Å²) in [6.07, 6.45) is -2.93. The highest BCUT2D eigenvalue weighted by Crippen LogP contribution is 2.37. The van der Waals surface area contributed by atoms with Crippen LogP contribution in [0, 0.1) is 17.6 Å². The Bertz CT molecular complexity index is 1820. The Kier molecular flexibility index (Phi) is 11.0. The number of alkyl halides is 3. The van der Waals surface area contributed by atoms with Crippen molar-refractivity contribution < 1.29 is 44.6 Å². The topological polar surface area (TPSA) is 94.1 Å². The fourth-order valence-corrected chi connectivity index (χ4v) is 7.94. The quantitative estimate of drug-likeness (QED) is 0.145. The summed E-state index contributed by atoms with van der Waals surface area (Å²) < 4.78 is 119. The number of nitrogens with zero attached hydrogens (tertiary/aromatic N) is 4. The Labute approximate surface area is 283 Å². The molecule has 1 aromatic heterocycles. The van der Waals surface area contributed by atoms with Crippen molar-refractivity contribution in [2.75, 3.05) is 44.8 Å². The van der Waals surface area contributed by atoms with Gasteiger partial charge in [0.25, 0.3) is 10.0 Å². The number of hydrogen-bond donors (Lipinski definition) is 0. The number of ether oxygens (including phenoxy) is 3. The number of rotatable bonds is 12. The molecule has 1 unspecified atom stereocenters. The number of aromatic nitrogens is 2. The van der Waals surface area contributed by atoms with Crippen LogP contribution in [0.5, 0.6) is 17.2 Å². The van der Waals surface area contributed by atoms with Gasteiger partial charge in [-0.3, -0.25) is 4.90 Å². The molecule has 5 rings (SSSR count). The Morgan fingerprint density at radius 2 is 1.77 bits per heavy atom. The van der Waals surface area contributed by atoms with Crippen LogP contribution in [-0.4, -0.2) is 69.3 Å². The molecule has 0 radical (unpaired) electrons. The van der Waals surface area contributed by atoms with Gasteiger partial charge in [0.2, 0.25) is 5.13 Å². The van der Waals surface area contributed by atoms with Crippen molar-refractivity contribution >= 4 is 38.3 Å². The lowest BCUT2D eigenvalue weighted by atomic mass is 9.81. The average Bonchev–Trinajstić information content (AvgIpc) is 3.58. The first-order valence-corrected chi connectivity index (χ1v) is 17.0. The van der Waals surface area contributed by atoms with Gasteiger partial charge in [0.1, 0.15) is 28.5 Å². The summed E-state index contributed by atoms with van der Waals surface area (Å²) in [6.45, 7) is -1.61. The molecule has 4 aromatic rings. The van der Waals surface area contributed by atoms with Gasteiger partial charge in [0.15, 0.2) is 11.6 Å². The predicted molar refractivity (Wildman–Crippen MR) is 169 cm³/mol. The maximum absolute atomic E-state index is 15.6. The summed E-state index contributed by atoms with van der Waals surface area (Å²) in [5.74, 6) is -3.14. The Morgan fingerprint density at radius 3 is 2.42 bits per heavy atom. The molecule has 258 valence electrons. The van der Waals surface area contributed by atoms with E-state index < -0.39 is 50.9 Å². The number of methoxy groups -OCH3 is 2. The van der Waals surface area contributed by atoms with E-state index in [1.54, 1.807) is 42.5 Å². The zero-order valence-electron chi connectivity index (χ0n) is 25.6. The first kappa shape index (κ1) is 35.6. The Balaban J connectivity index is 1.41. The Hall–Kier alpha value is -3.73. The molecule has 0 N–H and O–H groups in total. The molecule has 0 aliphatic carbocycles. The first-order chi connectivity index (χ1) is 22.8. The fraction of sp³-hybridized carbons (Fsp3) is 0.355. The van der Waals surface area contributed by atoms with Gasteiger partial charge in [0, 0.05) is 52.8 Å². The van der Waals surface area contributed by atoms with Crippen LogP contribution >= 0.6 is 23.1 Å². The van der Waals surface area contributed by atoms with Crippen molar-refractivity contribution in [2.24, 2.45) is 5.92 Å². The lowest BCUT2D eigenvalue weighted by Gasteiger charge is -2.39. The van der Waals surface area contributed by atoms with Crippen molar-refractivity contribution in [2.45, 2.75) is 30.0 Å². The molecule has 1 fully saturated rings. The molecule has 0 saturated carbocycles. The summed E-state index contributed by atoms with van der Waals surface area (Å²) in [7, 11) is -1.95. The summed E-state index contributed by atoms with van der Waals surface area (Å²) in [6, 6.07) is 12.7. The minimum atomic E-state index is -4.78. The van der Waals surface area contributed by atoms with Crippen LogP contribution in [0.2, 0.25) is 5.02 Å². The van der Waals surface area contributed by atoms with Gasteiger partial charge < -0.3 is 14.2 Å². The van der Waals surface area contributed by atoms with Crippen LogP contribution in [0.1, 0.15) is 23.5 Å². The summed E-state index contributed by atoms with van der Waals surface area (Å²) >= 11 is 6.75. The SMILES string of the molecule is COc1ccc(CN(c2ncns2)S(=O)(=O)c2cc(F)c(OC[C@@H]3CN(CC(F)(F)F)CCC3c3ccc(Cl)cc3)cc2F)c(OC)c1. The molecular weight excluding hydrogens is 703 g/mol. The third-order valence-corrected chi connectivity index (χ3v) is 10.7. The van der Waals surface area contributed by atoms with Gasteiger partial charge in [-0.05, 0) is 48.7 Å². The molecular formula is C31H30ClF5N4O5S2. The van der Waals surface area contributed by atoms with Crippen molar-refractivity contribution in [3.05, 3.63) is 88.7 Å². The van der Waals surface area contributed by atoms with E-state index in [0.29, 0.717) is 34.9 Å². The van der Waals surface area contributed by atoms with Gasteiger partial charge in [-0.25, -0.2) is 26.5 Å². The number of hydrogen-bond acceptors (Lipinski definition) is 9. The highest BCUT2D eigenvalue weighted by atomic mass is 35.5. The van der Waals surface area contributed by atoms with Crippen LogP contribution in [-0.2, 0) is 16.6 Å². The van der Waals surface area contributed by atoms with E-state index in [9.17, 15) is 21.6 Å². The highest BCUT2D eigenvalue weighted by molar-refractivity contribution is 7.93. The molecule has 17 heteroatoms. The van der Waals surface area contributed by atoms with E-state index in [0.717, 1.165) is 27.7 Å². The number of anilines is 1. The minimum absolute atomic E-state index is 0.0189. The number of likely N-dealkylation sites (tertiary alicyclic amines) is 1. The first-order valence-electron chi connectivity index (χ1n) is 14.5. The molecule has 0 bridgehead atoms. The normalized spacial score (nSPS) is 17.2. The predicted octanol–water partition coefficient (Wildman–Crippen LogP) is 6.93. The van der Waals surface area contributed by atoms with Crippen LogP contribution in [0.25, 0.3) is 0 Å². The maximum Gasteiger partial charge on any atom is 0.401 e. The third kappa shape index (κ3) is 8.28. The summed E-state index contributed by atoms with van der Waals surface area (Å²) in [5.41, 5.74) is 1.19. The number of piperidine rings is 1. The molecule has 2 heterocycles. The lowest BCUT2D eigenvalue weighted by molar-refractivity contribution is -0.150. The van der Waals surface area contributed by atoms with Gasteiger partial charge in [-0.15, -0.1) is 0 Å². The van der Waals surface area contributed by atoms with E-state index in [1.165, 1.54) is 19.1 Å². The minimum Gasteiger partial charge on any atom is -0.497 e. The van der Waals surface area contributed by atoms with Crippen LogP contribution in [0.3, 0.4) is 0 Å². The van der Waals surface area contributed by atoms with Crippen LogP contribution in [0.4, 0.5) is 27.1 Å². The third-order valence-electron chi connectivity index (χ3n) is 7.90. The van der Waals surface area contributed by atoms with Crippen LogP contribution in [0.15, 0.2) is 65.8 Å². The average molecular weight is 733 g/mol. The molecule has 3 aromatic carbocycles. The Morgan fingerprint density at radius 1 is 1.02 bits per heavy atom. The van der Waals surface area contributed by atoms with Gasteiger partial charge in [0.05, 0.1) is 33.9 Å². The molecule has 0 spiro atoms. The molecule has 1 saturated heterocycles. The highest BCUT2D eigenvalue weighted by Gasteiger charge is 2.38. The molecule has 48 heavy (non-hydrogen) atoms. The number of sulfonamides is 1. The monoisotopic (exact) mass is 732 g/mol. The van der Waals surface area contributed by atoms with E-state index in [2.05, 4.69) is 9.36 Å². The molecule has 9 nitrogen and oxygen atoms in total. The maximum atomic E-state index is 15.6. The summed E-state index contributed by atoms with van der Waals surface area (Å²) in [4.78, 5) is 4.24. The van der Waals surface area contributed by atoms with Gasteiger partial charge >= 0.3 is 6.18 Å². The second kappa shape index (κ2) is 14.8. The number of benzene rings is 3. The molecule has 1 aliphatic rings. The molecule has 2 atom stereocenters. The van der Waals surface area contributed by atoms with E-state index in [4.69, 9.17) is 25.8 Å². The fourth-order valence-electron chi connectivity index (χ4n) is 5.63.